The van der Waals surface area contributed by atoms with Crippen LogP contribution in [0.1, 0.15) is 11.1 Å². The second-order valence-electron chi connectivity index (χ2n) is 6.44. The summed E-state index contributed by atoms with van der Waals surface area (Å²) in [5, 5.41) is 2.23. The molecule has 0 unspecified atom stereocenters. The first-order valence-electron chi connectivity index (χ1n) is 8.49. The molecule has 0 radical (unpaired) electrons. The van der Waals surface area contributed by atoms with E-state index in [-0.39, 0.29) is 11.8 Å². The Morgan fingerprint density at radius 2 is 1.74 bits per heavy atom. The van der Waals surface area contributed by atoms with Gasteiger partial charge in [0, 0.05) is 25.8 Å². The molecule has 0 saturated carbocycles. The van der Waals surface area contributed by atoms with Crippen LogP contribution in [-0.4, -0.2) is 29.0 Å². The van der Waals surface area contributed by atoms with Gasteiger partial charge in [-0.05, 0) is 34.5 Å². The number of fused-ring (bicyclic) bond motifs is 1. The number of aromatic nitrogens is 1. The molecule has 4 rings (SSSR count). The van der Waals surface area contributed by atoms with Gasteiger partial charge in [0.15, 0.2) is 0 Å². The van der Waals surface area contributed by atoms with Crippen LogP contribution in [0.25, 0.3) is 10.8 Å². The number of carbonyl (C=O) groups excluding carboxylic acids is 1. The Labute approximate surface area is 153 Å². The summed E-state index contributed by atoms with van der Waals surface area (Å²) in [6, 6.07) is 15.9. The summed E-state index contributed by atoms with van der Waals surface area (Å²) in [5.74, 6) is 0.231. The van der Waals surface area contributed by atoms with Crippen molar-refractivity contribution in [2.75, 3.05) is 18.0 Å². The van der Waals surface area contributed by atoms with Gasteiger partial charge in [0.1, 0.15) is 5.82 Å². The third-order valence-electron chi connectivity index (χ3n) is 4.63. The molecule has 1 saturated heterocycles. The summed E-state index contributed by atoms with van der Waals surface area (Å²) in [4.78, 5) is 19.5. The van der Waals surface area contributed by atoms with Gasteiger partial charge in [-0.2, -0.15) is 13.2 Å². The molecule has 138 valence electrons. The predicted octanol–water partition coefficient (Wildman–Crippen LogP) is 4.70. The Hall–Kier alpha value is -3.09. The number of urea groups is 1. The quantitative estimate of drug-likeness (QED) is 0.669. The molecular weight excluding hydrogens is 355 g/mol. The highest BCUT2D eigenvalue weighted by molar-refractivity contribution is 5.93. The van der Waals surface area contributed by atoms with Crippen LogP contribution in [-0.2, 0) is 12.7 Å². The monoisotopic (exact) mass is 371 g/mol. The van der Waals surface area contributed by atoms with E-state index in [2.05, 4.69) is 4.98 Å². The topological polar surface area (TPSA) is 36.4 Å². The molecule has 1 fully saturated rings. The highest BCUT2D eigenvalue weighted by Crippen LogP contribution is 2.30. The lowest BCUT2D eigenvalue weighted by Gasteiger charge is -2.18. The van der Waals surface area contributed by atoms with Gasteiger partial charge in [0.25, 0.3) is 0 Å². The number of hydrogen-bond acceptors (Lipinski definition) is 2. The van der Waals surface area contributed by atoms with E-state index in [0.29, 0.717) is 19.6 Å². The zero-order valence-corrected chi connectivity index (χ0v) is 14.3. The van der Waals surface area contributed by atoms with Crippen molar-refractivity contribution in [2.24, 2.45) is 0 Å². The molecule has 2 aromatic carbocycles. The molecule has 4 nitrogen and oxygen atoms in total. The predicted molar refractivity (Wildman–Crippen MR) is 96.3 cm³/mol. The van der Waals surface area contributed by atoms with Crippen molar-refractivity contribution in [3.63, 3.8) is 0 Å². The average molecular weight is 371 g/mol. The van der Waals surface area contributed by atoms with E-state index in [1.54, 1.807) is 4.90 Å². The number of hydrogen-bond donors (Lipinski definition) is 0. The molecule has 3 aromatic rings. The average Bonchev–Trinajstić information content (AvgIpc) is 3.01. The molecule has 27 heavy (non-hydrogen) atoms. The Morgan fingerprint density at radius 1 is 0.963 bits per heavy atom. The van der Waals surface area contributed by atoms with Crippen molar-refractivity contribution in [3.05, 3.63) is 71.9 Å². The number of amides is 2. The van der Waals surface area contributed by atoms with E-state index in [1.807, 2.05) is 42.5 Å². The van der Waals surface area contributed by atoms with Crippen molar-refractivity contribution in [1.29, 1.82) is 0 Å². The molecule has 0 N–H and O–H groups in total. The molecule has 1 aromatic heterocycles. The van der Waals surface area contributed by atoms with Crippen LogP contribution in [0.4, 0.5) is 23.8 Å². The highest BCUT2D eigenvalue weighted by atomic mass is 19.4. The molecule has 0 bridgehead atoms. The third kappa shape index (κ3) is 3.45. The maximum atomic E-state index is 12.7. The van der Waals surface area contributed by atoms with Crippen LogP contribution >= 0.6 is 0 Å². The van der Waals surface area contributed by atoms with E-state index in [0.717, 1.165) is 28.6 Å². The molecular formula is C20H16F3N3O. The molecule has 2 amide bonds. The Kier molecular flexibility index (Phi) is 4.22. The van der Waals surface area contributed by atoms with Crippen molar-refractivity contribution in [2.45, 2.75) is 12.7 Å². The van der Waals surface area contributed by atoms with Crippen LogP contribution < -0.4 is 4.90 Å². The first-order chi connectivity index (χ1) is 12.9. The van der Waals surface area contributed by atoms with Gasteiger partial charge in [0.05, 0.1) is 5.56 Å². The standard InChI is InChI=1S/C20H16F3N3O/c21-20(22,23)17-7-8-18(24-12-17)26-10-9-25(19(26)27)13-14-5-6-15-3-1-2-4-16(15)11-14/h1-8,11-12H,9-10,13H2. The summed E-state index contributed by atoms with van der Waals surface area (Å²) in [6.45, 7) is 1.33. The van der Waals surface area contributed by atoms with Crippen molar-refractivity contribution < 1.29 is 18.0 Å². The van der Waals surface area contributed by atoms with Crippen molar-refractivity contribution in [3.8, 4) is 0 Å². The summed E-state index contributed by atoms with van der Waals surface area (Å²) in [7, 11) is 0. The van der Waals surface area contributed by atoms with Crippen LogP contribution in [0.15, 0.2) is 60.8 Å². The summed E-state index contributed by atoms with van der Waals surface area (Å²) in [6.07, 6.45) is -3.68. The zero-order chi connectivity index (χ0) is 19.0. The van der Waals surface area contributed by atoms with E-state index in [4.69, 9.17) is 0 Å². The molecule has 0 aliphatic carbocycles. The minimum atomic E-state index is -4.44. The first kappa shape index (κ1) is 17.3. The second-order valence-corrected chi connectivity index (χ2v) is 6.44. The fourth-order valence-corrected chi connectivity index (χ4v) is 3.21. The number of alkyl halides is 3. The number of halogens is 3. The minimum absolute atomic E-state index is 0.231. The molecule has 2 heterocycles. The maximum absolute atomic E-state index is 12.7. The number of nitrogens with zero attached hydrogens (tertiary/aromatic N) is 3. The SMILES string of the molecule is O=C1N(Cc2ccc3ccccc3c2)CCN1c1ccc(C(F)(F)F)cn1. The molecule has 1 aliphatic rings. The number of anilines is 1. The lowest BCUT2D eigenvalue weighted by Crippen LogP contribution is -2.32. The fraction of sp³-hybridized carbons (Fsp3) is 0.200. The zero-order valence-electron chi connectivity index (χ0n) is 14.3. The summed E-state index contributed by atoms with van der Waals surface area (Å²) < 4.78 is 38.0. The van der Waals surface area contributed by atoms with Crippen LogP contribution in [0.5, 0.6) is 0 Å². The Bertz CT molecular complexity index is 986. The molecule has 0 spiro atoms. The van der Waals surface area contributed by atoms with Crippen molar-refractivity contribution >= 4 is 22.6 Å². The van der Waals surface area contributed by atoms with Crippen LogP contribution in [0, 0.1) is 0 Å². The molecule has 1 aliphatic heterocycles. The maximum Gasteiger partial charge on any atom is 0.417 e. The minimum Gasteiger partial charge on any atom is -0.318 e. The Morgan fingerprint density at radius 3 is 2.44 bits per heavy atom. The van der Waals surface area contributed by atoms with Gasteiger partial charge >= 0.3 is 12.2 Å². The largest absolute Gasteiger partial charge is 0.417 e. The van der Waals surface area contributed by atoms with E-state index < -0.39 is 11.7 Å². The Balaban J connectivity index is 1.49. The lowest BCUT2D eigenvalue weighted by molar-refractivity contribution is -0.137. The fourth-order valence-electron chi connectivity index (χ4n) is 3.21. The lowest BCUT2D eigenvalue weighted by atomic mass is 10.1. The number of rotatable bonds is 3. The van der Waals surface area contributed by atoms with Gasteiger partial charge in [-0.25, -0.2) is 9.78 Å². The first-order valence-corrected chi connectivity index (χ1v) is 8.49. The summed E-state index contributed by atoms with van der Waals surface area (Å²) in [5.41, 5.74) is 0.176. The van der Waals surface area contributed by atoms with Gasteiger partial charge in [0.2, 0.25) is 0 Å². The van der Waals surface area contributed by atoms with Crippen molar-refractivity contribution in [1.82, 2.24) is 9.88 Å². The third-order valence-corrected chi connectivity index (χ3v) is 4.63. The van der Waals surface area contributed by atoms with Crippen LogP contribution in [0.2, 0.25) is 0 Å². The van der Waals surface area contributed by atoms with Gasteiger partial charge in [-0.15, -0.1) is 0 Å². The van der Waals surface area contributed by atoms with E-state index in [1.165, 1.54) is 11.0 Å². The van der Waals surface area contributed by atoms with E-state index in [9.17, 15) is 18.0 Å². The van der Waals surface area contributed by atoms with Gasteiger partial charge in [-0.3, -0.25) is 4.90 Å². The molecule has 7 heteroatoms. The van der Waals surface area contributed by atoms with E-state index >= 15 is 0 Å². The molecule has 0 atom stereocenters. The second kappa shape index (κ2) is 6.57. The van der Waals surface area contributed by atoms with Gasteiger partial charge < -0.3 is 4.90 Å². The highest BCUT2D eigenvalue weighted by Gasteiger charge is 2.33. The smallest absolute Gasteiger partial charge is 0.318 e. The van der Waals surface area contributed by atoms with Gasteiger partial charge in [-0.1, -0.05) is 36.4 Å². The van der Waals surface area contributed by atoms with Crippen LogP contribution in [0.3, 0.4) is 0 Å². The number of pyridine rings is 1. The normalized spacial score (nSPS) is 15.0. The summed E-state index contributed by atoms with van der Waals surface area (Å²) >= 11 is 0. The number of carbonyl (C=O) groups is 1. The number of benzene rings is 2.